The van der Waals surface area contributed by atoms with Gasteiger partial charge in [-0.1, -0.05) is 18.2 Å². The Kier molecular flexibility index (Phi) is 6.79. The van der Waals surface area contributed by atoms with Crippen molar-refractivity contribution >= 4 is 39.1 Å². The molecule has 1 saturated heterocycles. The SMILES string of the molecule is COc1ccc(N2C(=O)CC[C@H](C(=O)Nc3ccc(C)cc3Br)[C@H]2c2ccc(F)cc2)cc1. The van der Waals surface area contributed by atoms with Gasteiger partial charge in [0.25, 0.3) is 0 Å². The Bertz CT molecular complexity index is 1170. The standard InChI is InChI=1S/C26H24BrFN2O3/c1-16-3-13-23(22(27)15-16)29-26(32)21-12-14-24(31)30(19-8-10-20(33-2)11-9-19)25(21)17-4-6-18(28)7-5-17/h3-11,13,15,21,25H,12,14H2,1-2H3,(H,29,32)/t21-,25+/m0/s1. The van der Waals surface area contributed by atoms with Crippen LogP contribution in [0.15, 0.2) is 71.2 Å². The number of amides is 2. The number of halogens is 2. The lowest BCUT2D eigenvalue weighted by atomic mass is 9.83. The monoisotopic (exact) mass is 510 g/mol. The number of piperidine rings is 1. The predicted octanol–water partition coefficient (Wildman–Crippen LogP) is 6.03. The second kappa shape index (κ2) is 9.75. The van der Waals surface area contributed by atoms with Crippen molar-refractivity contribution in [2.45, 2.75) is 25.8 Å². The van der Waals surface area contributed by atoms with Gasteiger partial charge in [-0.25, -0.2) is 4.39 Å². The molecule has 0 bridgehead atoms. The lowest BCUT2D eigenvalue weighted by Crippen LogP contribution is -2.47. The van der Waals surface area contributed by atoms with Gasteiger partial charge in [0, 0.05) is 16.6 Å². The highest BCUT2D eigenvalue weighted by atomic mass is 79.9. The maximum Gasteiger partial charge on any atom is 0.229 e. The number of nitrogens with one attached hydrogen (secondary N) is 1. The number of aryl methyl sites for hydroxylation is 1. The molecule has 1 fully saturated rings. The molecule has 0 aliphatic carbocycles. The maximum absolute atomic E-state index is 13.7. The summed E-state index contributed by atoms with van der Waals surface area (Å²) in [5.74, 6) is -0.514. The third-order valence-corrected chi connectivity index (χ3v) is 6.53. The van der Waals surface area contributed by atoms with Crippen molar-refractivity contribution in [3.8, 4) is 5.75 Å². The molecule has 1 aliphatic heterocycles. The van der Waals surface area contributed by atoms with Crippen LogP contribution in [0.4, 0.5) is 15.8 Å². The Morgan fingerprint density at radius 1 is 1.09 bits per heavy atom. The quantitative estimate of drug-likeness (QED) is 0.455. The zero-order chi connectivity index (χ0) is 23.5. The number of hydrogen-bond acceptors (Lipinski definition) is 3. The molecule has 2 amide bonds. The van der Waals surface area contributed by atoms with E-state index in [0.29, 0.717) is 29.1 Å². The Morgan fingerprint density at radius 3 is 2.42 bits per heavy atom. The molecule has 1 aliphatic rings. The first kappa shape index (κ1) is 23.0. The smallest absolute Gasteiger partial charge is 0.229 e. The first-order valence-electron chi connectivity index (χ1n) is 10.7. The van der Waals surface area contributed by atoms with E-state index in [2.05, 4.69) is 21.2 Å². The zero-order valence-electron chi connectivity index (χ0n) is 18.3. The molecule has 2 atom stereocenters. The van der Waals surface area contributed by atoms with Crippen molar-refractivity contribution in [2.75, 3.05) is 17.3 Å². The van der Waals surface area contributed by atoms with E-state index in [0.717, 1.165) is 10.0 Å². The first-order chi connectivity index (χ1) is 15.9. The Morgan fingerprint density at radius 2 is 1.79 bits per heavy atom. The molecule has 0 spiro atoms. The van der Waals surface area contributed by atoms with Crippen LogP contribution < -0.4 is 15.0 Å². The molecular formula is C26H24BrFN2O3. The first-order valence-corrected chi connectivity index (χ1v) is 11.5. The number of rotatable bonds is 5. The van der Waals surface area contributed by atoms with Gasteiger partial charge >= 0.3 is 0 Å². The molecule has 0 radical (unpaired) electrons. The number of carbonyl (C=O) groups excluding carboxylic acids is 2. The molecule has 170 valence electrons. The summed E-state index contributed by atoms with van der Waals surface area (Å²) >= 11 is 3.51. The molecule has 7 heteroatoms. The third-order valence-electron chi connectivity index (χ3n) is 5.88. The van der Waals surface area contributed by atoms with Crippen molar-refractivity contribution in [1.82, 2.24) is 0 Å². The number of carbonyl (C=O) groups is 2. The lowest BCUT2D eigenvalue weighted by molar-refractivity contribution is -0.125. The highest BCUT2D eigenvalue weighted by molar-refractivity contribution is 9.10. The van der Waals surface area contributed by atoms with Crippen LogP contribution in [0.25, 0.3) is 0 Å². The number of ether oxygens (including phenoxy) is 1. The van der Waals surface area contributed by atoms with Gasteiger partial charge in [0.15, 0.2) is 0 Å². The summed E-state index contributed by atoms with van der Waals surface area (Å²) in [4.78, 5) is 28.2. The van der Waals surface area contributed by atoms with Crippen molar-refractivity contribution in [3.05, 3.63) is 88.1 Å². The van der Waals surface area contributed by atoms with Crippen LogP contribution in [0.1, 0.15) is 30.0 Å². The number of hydrogen-bond donors (Lipinski definition) is 1. The minimum absolute atomic E-state index is 0.0879. The molecule has 1 heterocycles. The molecule has 3 aromatic rings. The summed E-state index contributed by atoms with van der Waals surface area (Å²) in [5, 5.41) is 3.01. The number of methoxy groups -OCH3 is 1. The van der Waals surface area contributed by atoms with Crippen molar-refractivity contribution < 1.29 is 18.7 Å². The topological polar surface area (TPSA) is 58.6 Å². The summed E-state index contributed by atoms with van der Waals surface area (Å²) in [5.41, 5.74) is 3.09. The Balaban J connectivity index is 1.73. The van der Waals surface area contributed by atoms with Crippen LogP contribution in [-0.4, -0.2) is 18.9 Å². The van der Waals surface area contributed by atoms with Gasteiger partial charge in [-0.2, -0.15) is 0 Å². The summed E-state index contributed by atoms with van der Waals surface area (Å²) in [7, 11) is 1.58. The minimum Gasteiger partial charge on any atom is -0.497 e. The highest BCUT2D eigenvalue weighted by Gasteiger charge is 2.41. The summed E-state index contributed by atoms with van der Waals surface area (Å²) in [6.45, 7) is 1.97. The molecule has 5 nitrogen and oxygen atoms in total. The van der Waals surface area contributed by atoms with Crippen molar-refractivity contribution in [1.29, 1.82) is 0 Å². The highest BCUT2D eigenvalue weighted by Crippen LogP contribution is 2.41. The Hall–Kier alpha value is -3.19. The number of benzene rings is 3. The van der Waals surface area contributed by atoms with Crippen LogP contribution in [-0.2, 0) is 9.59 Å². The van der Waals surface area contributed by atoms with Crippen LogP contribution in [0, 0.1) is 18.7 Å². The molecule has 0 saturated carbocycles. The minimum atomic E-state index is -0.579. The fraction of sp³-hybridized carbons (Fsp3) is 0.231. The fourth-order valence-corrected chi connectivity index (χ4v) is 4.79. The van der Waals surface area contributed by atoms with E-state index >= 15 is 0 Å². The second-order valence-electron chi connectivity index (χ2n) is 8.08. The van der Waals surface area contributed by atoms with E-state index < -0.39 is 12.0 Å². The van der Waals surface area contributed by atoms with E-state index in [1.54, 1.807) is 48.4 Å². The van der Waals surface area contributed by atoms with Gasteiger partial charge in [-0.3, -0.25) is 9.59 Å². The summed E-state index contributed by atoms with van der Waals surface area (Å²) < 4.78 is 19.7. The molecule has 4 rings (SSSR count). The molecular weight excluding hydrogens is 487 g/mol. The summed E-state index contributed by atoms with van der Waals surface area (Å²) in [6.07, 6.45) is 0.625. The Labute approximate surface area is 200 Å². The molecule has 33 heavy (non-hydrogen) atoms. The van der Waals surface area contributed by atoms with Crippen LogP contribution in [0.5, 0.6) is 5.75 Å². The largest absolute Gasteiger partial charge is 0.497 e. The van der Waals surface area contributed by atoms with Crippen molar-refractivity contribution in [3.63, 3.8) is 0 Å². The zero-order valence-corrected chi connectivity index (χ0v) is 19.9. The van der Waals surface area contributed by atoms with Gasteiger partial charge in [0.05, 0.1) is 24.8 Å². The van der Waals surface area contributed by atoms with Crippen LogP contribution in [0.2, 0.25) is 0 Å². The fourth-order valence-electron chi connectivity index (χ4n) is 4.20. The van der Waals surface area contributed by atoms with Crippen LogP contribution >= 0.6 is 15.9 Å². The van der Waals surface area contributed by atoms with Crippen molar-refractivity contribution in [2.24, 2.45) is 5.92 Å². The van der Waals surface area contributed by atoms with Gasteiger partial charge in [0.1, 0.15) is 11.6 Å². The van der Waals surface area contributed by atoms with Gasteiger partial charge in [-0.05, 0) is 88.9 Å². The van der Waals surface area contributed by atoms with E-state index in [4.69, 9.17) is 4.74 Å². The third kappa shape index (κ3) is 4.93. The van der Waals surface area contributed by atoms with Gasteiger partial charge in [-0.15, -0.1) is 0 Å². The normalized spacial score (nSPS) is 18.2. The second-order valence-corrected chi connectivity index (χ2v) is 8.93. The molecule has 1 N–H and O–H groups in total. The van der Waals surface area contributed by atoms with E-state index in [9.17, 15) is 14.0 Å². The van der Waals surface area contributed by atoms with Gasteiger partial charge in [0.2, 0.25) is 11.8 Å². The average molecular weight is 511 g/mol. The van der Waals surface area contributed by atoms with Crippen LogP contribution in [0.3, 0.4) is 0 Å². The number of anilines is 2. The van der Waals surface area contributed by atoms with E-state index in [1.807, 2.05) is 25.1 Å². The lowest BCUT2D eigenvalue weighted by Gasteiger charge is -2.41. The molecule has 0 aromatic heterocycles. The molecule has 0 unspecified atom stereocenters. The number of nitrogens with zero attached hydrogens (tertiary/aromatic N) is 1. The van der Waals surface area contributed by atoms with E-state index in [-0.39, 0.29) is 24.1 Å². The van der Waals surface area contributed by atoms with E-state index in [1.165, 1.54) is 12.1 Å². The molecule has 3 aromatic carbocycles. The van der Waals surface area contributed by atoms with Gasteiger partial charge < -0.3 is 15.0 Å². The average Bonchev–Trinajstić information content (AvgIpc) is 2.81. The summed E-state index contributed by atoms with van der Waals surface area (Å²) in [6, 6.07) is 18.2. The maximum atomic E-state index is 13.7. The predicted molar refractivity (Wildman–Crippen MR) is 130 cm³/mol.